The number of likely N-dealkylation sites (tertiary alicyclic amines) is 1. The first-order chi connectivity index (χ1) is 13.4. The second-order valence-corrected chi connectivity index (χ2v) is 8.29. The van der Waals surface area contributed by atoms with Gasteiger partial charge < -0.3 is 16.0 Å². The van der Waals surface area contributed by atoms with Gasteiger partial charge in [-0.2, -0.15) is 0 Å². The first kappa shape index (κ1) is 25.7. The van der Waals surface area contributed by atoms with E-state index >= 15 is 0 Å². The molecule has 7 heteroatoms. The van der Waals surface area contributed by atoms with Crippen LogP contribution in [0.3, 0.4) is 0 Å². The Morgan fingerprint density at radius 1 is 1.21 bits per heavy atom. The van der Waals surface area contributed by atoms with Crippen molar-refractivity contribution in [3.05, 3.63) is 35.4 Å². The van der Waals surface area contributed by atoms with E-state index in [1.807, 2.05) is 20.8 Å². The molecule has 1 aliphatic rings. The fourth-order valence-corrected chi connectivity index (χ4v) is 3.44. The normalized spacial score (nSPS) is 16.1. The van der Waals surface area contributed by atoms with Gasteiger partial charge >= 0.3 is 0 Å². The lowest BCUT2D eigenvalue weighted by Gasteiger charge is -2.34. The van der Waals surface area contributed by atoms with Crippen molar-refractivity contribution < 1.29 is 4.79 Å². The summed E-state index contributed by atoms with van der Waals surface area (Å²) in [5, 5.41) is 9.74. The standard InChI is InChI=1S/C22H37N5O.HI/c1-6-24-20(28)22(3,4)16-25-21(23-5)26-19-11-13-27(14-12-19)15-18-10-8-7-9-17(18)2;/h7-10,19H,6,11-16H2,1-5H3,(H,24,28)(H2,23,25,26);1H. The number of halogens is 1. The lowest BCUT2D eigenvalue weighted by atomic mass is 9.92. The Labute approximate surface area is 193 Å². The molecule has 0 radical (unpaired) electrons. The van der Waals surface area contributed by atoms with Gasteiger partial charge in [-0.05, 0) is 51.7 Å². The minimum atomic E-state index is -0.482. The molecule has 1 aromatic carbocycles. The number of piperidine rings is 1. The smallest absolute Gasteiger partial charge is 0.227 e. The number of aryl methyl sites for hydroxylation is 1. The summed E-state index contributed by atoms with van der Waals surface area (Å²) in [5.74, 6) is 0.831. The van der Waals surface area contributed by atoms with Crippen LogP contribution in [0, 0.1) is 12.3 Å². The highest BCUT2D eigenvalue weighted by Gasteiger charge is 2.28. The van der Waals surface area contributed by atoms with E-state index < -0.39 is 5.41 Å². The summed E-state index contributed by atoms with van der Waals surface area (Å²) in [6.07, 6.45) is 2.18. The molecule has 1 aromatic rings. The van der Waals surface area contributed by atoms with Crippen molar-refractivity contribution in [1.82, 2.24) is 20.9 Å². The van der Waals surface area contributed by atoms with Gasteiger partial charge in [-0.3, -0.25) is 14.7 Å². The zero-order valence-electron chi connectivity index (χ0n) is 18.5. The predicted octanol–water partition coefficient (Wildman–Crippen LogP) is 2.90. The molecular formula is C22H38IN5O. The zero-order chi connectivity index (χ0) is 20.6. The van der Waals surface area contributed by atoms with Crippen molar-refractivity contribution in [2.75, 3.05) is 33.2 Å². The number of nitrogens with one attached hydrogen (secondary N) is 3. The Bertz CT molecular complexity index is 669. The molecule has 29 heavy (non-hydrogen) atoms. The summed E-state index contributed by atoms with van der Waals surface area (Å²) in [7, 11) is 1.78. The SMILES string of the molecule is CCNC(=O)C(C)(C)CNC(=NC)NC1CCN(Cc2ccccc2C)CC1.I. The van der Waals surface area contributed by atoms with Crippen LogP contribution in [-0.4, -0.2) is 56.0 Å². The largest absolute Gasteiger partial charge is 0.356 e. The highest BCUT2D eigenvalue weighted by molar-refractivity contribution is 14.0. The van der Waals surface area contributed by atoms with Crippen molar-refractivity contribution >= 4 is 35.8 Å². The third-order valence-corrected chi connectivity index (χ3v) is 5.46. The molecule has 164 valence electrons. The topological polar surface area (TPSA) is 68.8 Å². The van der Waals surface area contributed by atoms with Crippen LogP contribution in [-0.2, 0) is 11.3 Å². The van der Waals surface area contributed by atoms with Crippen LogP contribution in [0.2, 0.25) is 0 Å². The van der Waals surface area contributed by atoms with Crippen molar-refractivity contribution in [2.45, 2.75) is 53.1 Å². The first-order valence-electron chi connectivity index (χ1n) is 10.4. The lowest BCUT2D eigenvalue weighted by Crippen LogP contribution is -2.51. The van der Waals surface area contributed by atoms with E-state index in [1.165, 1.54) is 11.1 Å². The van der Waals surface area contributed by atoms with Gasteiger partial charge in [0.05, 0.1) is 5.41 Å². The van der Waals surface area contributed by atoms with Crippen molar-refractivity contribution in [1.29, 1.82) is 0 Å². The van der Waals surface area contributed by atoms with Gasteiger partial charge in [0.15, 0.2) is 5.96 Å². The quantitative estimate of drug-likeness (QED) is 0.297. The van der Waals surface area contributed by atoms with Gasteiger partial charge in [0.2, 0.25) is 5.91 Å². The zero-order valence-corrected chi connectivity index (χ0v) is 20.9. The highest BCUT2D eigenvalue weighted by Crippen LogP contribution is 2.16. The highest BCUT2D eigenvalue weighted by atomic mass is 127. The summed E-state index contributed by atoms with van der Waals surface area (Å²) >= 11 is 0. The number of carbonyl (C=O) groups excluding carboxylic acids is 1. The molecule has 0 aliphatic carbocycles. The van der Waals surface area contributed by atoms with Crippen molar-refractivity contribution in [2.24, 2.45) is 10.4 Å². The van der Waals surface area contributed by atoms with Crippen LogP contribution in [0.25, 0.3) is 0 Å². The number of nitrogens with zero attached hydrogens (tertiary/aromatic N) is 2. The first-order valence-corrected chi connectivity index (χ1v) is 10.4. The summed E-state index contributed by atoms with van der Waals surface area (Å²) < 4.78 is 0. The van der Waals surface area contributed by atoms with E-state index in [0.29, 0.717) is 19.1 Å². The maximum Gasteiger partial charge on any atom is 0.227 e. The van der Waals surface area contributed by atoms with E-state index in [-0.39, 0.29) is 29.9 Å². The molecule has 0 atom stereocenters. The number of guanidine groups is 1. The van der Waals surface area contributed by atoms with Crippen LogP contribution < -0.4 is 16.0 Å². The summed E-state index contributed by atoms with van der Waals surface area (Å²) in [5.41, 5.74) is 2.30. The number of carbonyl (C=O) groups is 1. The molecular weight excluding hydrogens is 477 g/mol. The van der Waals surface area contributed by atoms with E-state index in [4.69, 9.17) is 0 Å². The number of hydrogen-bond acceptors (Lipinski definition) is 3. The molecule has 1 saturated heterocycles. The molecule has 1 heterocycles. The third kappa shape index (κ3) is 8.12. The average Bonchev–Trinajstić information content (AvgIpc) is 2.68. The van der Waals surface area contributed by atoms with E-state index in [2.05, 4.69) is 57.0 Å². The van der Waals surface area contributed by atoms with Crippen LogP contribution in [0.15, 0.2) is 29.3 Å². The molecule has 1 fully saturated rings. The maximum absolute atomic E-state index is 12.1. The van der Waals surface area contributed by atoms with Gasteiger partial charge in [0.1, 0.15) is 0 Å². The summed E-state index contributed by atoms with van der Waals surface area (Å²) in [6.45, 7) is 12.4. The van der Waals surface area contributed by atoms with Crippen LogP contribution in [0.5, 0.6) is 0 Å². The average molecular weight is 515 g/mol. The Kier molecular flexibility index (Phi) is 11.0. The Morgan fingerprint density at radius 2 is 1.86 bits per heavy atom. The van der Waals surface area contributed by atoms with Gasteiger partial charge in [0, 0.05) is 45.8 Å². The molecule has 1 amide bonds. The molecule has 1 aliphatic heterocycles. The predicted molar refractivity (Wildman–Crippen MR) is 132 cm³/mol. The Morgan fingerprint density at radius 3 is 2.45 bits per heavy atom. The molecule has 0 saturated carbocycles. The molecule has 3 N–H and O–H groups in total. The fourth-order valence-electron chi connectivity index (χ4n) is 3.44. The molecule has 0 bridgehead atoms. The maximum atomic E-state index is 12.1. The number of hydrogen-bond donors (Lipinski definition) is 3. The molecule has 0 spiro atoms. The van der Waals surface area contributed by atoms with Gasteiger partial charge in [-0.25, -0.2) is 0 Å². The molecule has 6 nitrogen and oxygen atoms in total. The van der Waals surface area contributed by atoms with Gasteiger partial charge in [-0.1, -0.05) is 24.3 Å². The lowest BCUT2D eigenvalue weighted by molar-refractivity contribution is -0.128. The van der Waals surface area contributed by atoms with E-state index in [9.17, 15) is 4.79 Å². The van der Waals surface area contributed by atoms with Gasteiger partial charge in [0.25, 0.3) is 0 Å². The molecule has 2 rings (SSSR count). The van der Waals surface area contributed by atoms with Crippen LogP contribution >= 0.6 is 24.0 Å². The Balaban J connectivity index is 0.00000420. The second-order valence-electron chi connectivity index (χ2n) is 8.29. The minimum absolute atomic E-state index is 0. The van der Waals surface area contributed by atoms with Gasteiger partial charge in [-0.15, -0.1) is 24.0 Å². The number of rotatable bonds is 7. The minimum Gasteiger partial charge on any atom is -0.356 e. The summed E-state index contributed by atoms with van der Waals surface area (Å²) in [6, 6.07) is 9.03. The Hall–Kier alpha value is -1.35. The van der Waals surface area contributed by atoms with Crippen molar-refractivity contribution in [3.63, 3.8) is 0 Å². The van der Waals surface area contributed by atoms with Crippen molar-refractivity contribution in [3.8, 4) is 0 Å². The fraction of sp³-hybridized carbons (Fsp3) is 0.636. The number of benzene rings is 1. The second kappa shape index (κ2) is 12.4. The van der Waals surface area contributed by atoms with Crippen LogP contribution in [0.4, 0.5) is 0 Å². The van der Waals surface area contributed by atoms with E-state index in [0.717, 1.165) is 38.4 Å². The number of amides is 1. The number of aliphatic imine (C=N–C) groups is 1. The monoisotopic (exact) mass is 515 g/mol. The molecule has 0 unspecified atom stereocenters. The van der Waals surface area contributed by atoms with E-state index in [1.54, 1.807) is 7.05 Å². The third-order valence-electron chi connectivity index (χ3n) is 5.46. The summed E-state index contributed by atoms with van der Waals surface area (Å²) in [4.78, 5) is 19.0. The van der Waals surface area contributed by atoms with Crippen LogP contribution in [0.1, 0.15) is 44.7 Å². The molecule has 0 aromatic heterocycles.